The monoisotopic (exact) mass is 514 g/mol. The van der Waals surface area contributed by atoms with E-state index in [-0.39, 0.29) is 11.8 Å². The molecule has 7 rings (SSSR count). The molecule has 3 heterocycles. The van der Waals surface area contributed by atoms with Crippen LogP contribution in [0.3, 0.4) is 0 Å². The molecule has 1 fully saturated rings. The van der Waals surface area contributed by atoms with E-state index in [0.717, 1.165) is 23.4 Å². The molecule has 192 valence electrons. The third-order valence-electron chi connectivity index (χ3n) is 7.67. The average molecular weight is 515 g/mol. The molecular formula is C31H26N6O2. The number of anilines is 4. The normalized spacial score (nSPS) is 17.4. The maximum atomic E-state index is 13.2. The number of hydrogen-bond donors (Lipinski definition) is 3. The lowest BCUT2D eigenvalue weighted by atomic mass is 10.0. The van der Waals surface area contributed by atoms with Crippen molar-refractivity contribution in [3.8, 4) is 11.1 Å². The van der Waals surface area contributed by atoms with Gasteiger partial charge in [0.15, 0.2) is 0 Å². The maximum absolute atomic E-state index is 13.2. The second kappa shape index (κ2) is 9.09. The number of hydrogen-bond acceptors (Lipinski definition) is 6. The first-order chi connectivity index (χ1) is 19.0. The quantitative estimate of drug-likeness (QED) is 0.295. The van der Waals surface area contributed by atoms with Crippen LogP contribution in [0, 0.1) is 0 Å². The second-order valence-electron chi connectivity index (χ2n) is 10.1. The first-order valence-corrected chi connectivity index (χ1v) is 13.0. The number of carbonyl (C=O) groups is 2. The Morgan fingerprint density at radius 3 is 2.67 bits per heavy atom. The number of carbonyl (C=O) groups excluding carboxylic acids is 2. The zero-order valence-corrected chi connectivity index (χ0v) is 21.2. The number of rotatable bonds is 5. The van der Waals surface area contributed by atoms with Crippen molar-refractivity contribution in [3.63, 3.8) is 0 Å². The number of allylic oxidation sites excluding steroid dienone is 1. The van der Waals surface area contributed by atoms with Crippen LogP contribution in [0.1, 0.15) is 39.9 Å². The zero-order chi connectivity index (χ0) is 26.5. The lowest BCUT2D eigenvalue weighted by Crippen LogP contribution is -2.49. The number of amides is 2. The van der Waals surface area contributed by atoms with Gasteiger partial charge in [0, 0.05) is 40.9 Å². The van der Waals surface area contributed by atoms with Gasteiger partial charge in [-0.05, 0) is 71.8 Å². The summed E-state index contributed by atoms with van der Waals surface area (Å²) < 4.78 is 0. The molecule has 1 saturated heterocycles. The average Bonchev–Trinajstić information content (AvgIpc) is 3.47. The predicted octanol–water partition coefficient (Wildman–Crippen LogP) is 5.28. The Labute approximate surface area is 225 Å². The van der Waals surface area contributed by atoms with Crippen LogP contribution in [-0.4, -0.2) is 32.7 Å². The lowest BCUT2D eigenvalue weighted by Gasteiger charge is -2.31. The van der Waals surface area contributed by atoms with Gasteiger partial charge < -0.3 is 20.9 Å². The molecule has 1 aromatic heterocycles. The molecule has 1 aliphatic carbocycles. The third-order valence-corrected chi connectivity index (χ3v) is 7.67. The van der Waals surface area contributed by atoms with Crippen LogP contribution in [0.25, 0.3) is 11.1 Å². The minimum absolute atomic E-state index is 0.135. The van der Waals surface area contributed by atoms with Gasteiger partial charge in [-0.1, -0.05) is 43.0 Å². The molecule has 4 aromatic rings. The van der Waals surface area contributed by atoms with Gasteiger partial charge in [-0.15, -0.1) is 0 Å². The fourth-order valence-electron chi connectivity index (χ4n) is 5.74. The molecule has 0 radical (unpaired) electrons. The summed E-state index contributed by atoms with van der Waals surface area (Å²) in [6.07, 6.45) is 3.88. The van der Waals surface area contributed by atoms with Crippen molar-refractivity contribution in [1.29, 1.82) is 0 Å². The van der Waals surface area contributed by atoms with Gasteiger partial charge in [0.2, 0.25) is 11.9 Å². The van der Waals surface area contributed by atoms with Crippen molar-refractivity contribution in [3.05, 3.63) is 107 Å². The Bertz CT molecular complexity index is 1680. The number of piperidine rings is 1. The van der Waals surface area contributed by atoms with Gasteiger partial charge in [0.25, 0.3) is 5.91 Å². The van der Waals surface area contributed by atoms with Crippen molar-refractivity contribution in [1.82, 2.24) is 20.2 Å². The second-order valence-corrected chi connectivity index (χ2v) is 10.1. The number of nitrogens with one attached hydrogen (secondary N) is 3. The molecule has 8 nitrogen and oxygen atoms in total. The molecule has 2 aliphatic heterocycles. The van der Waals surface area contributed by atoms with Crippen LogP contribution in [0.4, 0.5) is 23.1 Å². The molecule has 1 unspecified atom stereocenters. The smallest absolute Gasteiger partial charge is 0.255 e. The Morgan fingerprint density at radius 1 is 0.923 bits per heavy atom. The summed E-state index contributed by atoms with van der Waals surface area (Å²) in [4.78, 5) is 36.5. The summed E-state index contributed by atoms with van der Waals surface area (Å²) in [6, 6.07) is 21.7. The number of nitrogens with zero attached hydrogens (tertiary/aromatic N) is 3. The summed E-state index contributed by atoms with van der Waals surface area (Å²) in [5.41, 5.74) is 9.00. The Balaban J connectivity index is 1.11. The van der Waals surface area contributed by atoms with E-state index in [9.17, 15) is 9.59 Å². The molecule has 0 saturated carbocycles. The number of benzene rings is 3. The lowest BCUT2D eigenvalue weighted by molar-refractivity contribution is -0.126. The highest BCUT2D eigenvalue weighted by atomic mass is 16.2. The molecule has 1 atom stereocenters. The van der Waals surface area contributed by atoms with Crippen molar-refractivity contribution in [2.75, 3.05) is 10.6 Å². The summed E-state index contributed by atoms with van der Waals surface area (Å²) in [7, 11) is 0. The van der Waals surface area contributed by atoms with Crippen molar-refractivity contribution >= 4 is 35.0 Å². The van der Waals surface area contributed by atoms with Gasteiger partial charge in [0.05, 0.1) is 0 Å². The first kappa shape index (κ1) is 23.2. The first-order valence-electron chi connectivity index (χ1n) is 13.0. The SMILES string of the molecule is C=C1CCC(N2Cc3c(Nc4ccnc(Nc5ccc6c(c5)-c5ccccc5C6)n4)cccc3C2=O)C(=O)N1. The van der Waals surface area contributed by atoms with E-state index >= 15 is 0 Å². The molecule has 0 bridgehead atoms. The summed E-state index contributed by atoms with van der Waals surface area (Å²) in [5, 5.41) is 9.48. The van der Waals surface area contributed by atoms with Crippen LogP contribution in [-0.2, 0) is 17.8 Å². The standard InChI is InChI=1S/C31H26N6O2/c1-18-9-12-27(29(38)33-18)37-17-25-23(30(37)39)7-4-8-26(25)35-28-13-14-32-31(36-28)34-21-11-10-20-15-19-5-2-3-6-22(19)24(20)16-21/h2-8,10-11,13-14,16,27H,1,9,12,15,17H2,(H,33,38)(H2,32,34,35,36). The molecule has 3 aromatic carbocycles. The number of aromatic nitrogens is 2. The van der Waals surface area contributed by atoms with Crippen LogP contribution < -0.4 is 16.0 Å². The highest BCUT2D eigenvalue weighted by Crippen LogP contribution is 2.38. The van der Waals surface area contributed by atoms with E-state index in [2.05, 4.69) is 75.0 Å². The van der Waals surface area contributed by atoms with Crippen molar-refractivity contribution < 1.29 is 9.59 Å². The molecule has 0 spiro atoms. The van der Waals surface area contributed by atoms with Gasteiger partial charge in [-0.2, -0.15) is 4.98 Å². The zero-order valence-electron chi connectivity index (χ0n) is 21.2. The molecule has 39 heavy (non-hydrogen) atoms. The Kier molecular flexibility index (Phi) is 5.40. The van der Waals surface area contributed by atoms with E-state index in [1.165, 1.54) is 22.3 Å². The van der Waals surface area contributed by atoms with E-state index in [1.54, 1.807) is 17.2 Å². The highest BCUT2D eigenvalue weighted by Gasteiger charge is 2.39. The summed E-state index contributed by atoms with van der Waals surface area (Å²) >= 11 is 0. The van der Waals surface area contributed by atoms with E-state index in [0.29, 0.717) is 42.4 Å². The molecule has 2 amide bonds. The van der Waals surface area contributed by atoms with E-state index in [1.807, 2.05) is 18.2 Å². The van der Waals surface area contributed by atoms with Crippen LogP contribution in [0.15, 0.2) is 85.2 Å². The molecule has 3 N–H and O–H groups in total. The van der Waals surface area contributed by atoms with E-state index < -0.39 is 6.04 Å². The maximum Gasteiger partial charge on any atom is 0.255 e. The predicted molar refractivity (Wildman–Crippen MR) is 150 cm³/mol. The molecular weight excluding hydrogens is 488 g/mol. The Morgan fingerprint density at radius 2 is 1.77 bits per heavy atom. The van der Waals surface area contributed by atoms with Gasteiger partial charge in [-0.25, -0.2) is 4.98 Å². The van der Waals surface area contributed by atoms with Crippen molar-refractivity contribution in [2.45, 2.75) is 31.8 Å². The fourth-order valence-corrected chi connectivity index (χ4v) is 5.74. The molecule has 8 heteroatoms. The molecule has 3 aliphatic rings. The minimum atomic E-state index is -0.502. The van der Waals surface area contributed by atoms with E-state index in [4.69, 9.17) is 0 Å². The van der Waals surface area contributed by atoms with Gasteiger partial charge >= 0.3 is 0 Å². The van der Waals surface area contributed by atoms with Crippen LogP contribution >= 0.6 is 0 Å². The van der Waals surface area contributed by atoms with Crippen LogP contribution in [0.2, 0.25) is 0 Å². The van der Waals surface area contributed by atoms with Crippen LogP contribution in [0.5, 0.6) is 0 Å². The summed E-state index contributed by atoms with van der Waals surface area (Å²) in [5.74, 6) is 0.758. The highest BCUT2D eigenvalue weighted by molar-refractivity contribution is 6.03. The van der Waals surface area contributed by atoms with Gasteiger partial charge in [0.1, 0.15) is 11.9 Å². The fraction of sp³-hybridized carbons (Fsp3) is 0.161. The largest absolute Gasteiger partial charge is 0.340 e. The topological polar surface area (TPSA) is 99.2 Å². The number of fused-ring (bicyclic) bond motifs is 4. The van der Waals surface area contributed by atoms with Crippen molar-refractivity contribution in [2.24, 2.45) is 0 Å². The van der Waals surface area contributed by atoms with Gasteiger partial charge in [-0.3, -0.25) is 9.59 Å². The minimum Gasteiger partial charge on any atom is -0.340 e. The summed E-state index contributed by atoms with van der Waals surface area (Å²) in [6.45, 7) is 4.20. The Hall–Kier alpha value is -4.98. The third kappa shape index (κ3) is 4.10.